The maximum absolute atomic E-state index is 9.67. The van der Waals surface area contributed by atoms with Crippen molar-refractivity contribution in [2.45, 2.75) is 44.0 Å². The first-order valence-electron chi connectivity index (χ1n) is 4.80. The molecule has 1 saturated heterocycles. The van der Waals surface area contributed by atoms with Crippen molar-refractivity contribution in [1.29, 1.82) is 0 Å². The van der Waals surface area contributed by atoms with E-state index in [1.54, 1.807) is 26.0 Å². The Kier molecular flexibility index (Phi) is 2.44. The van der Waals surface area contributed by atoms with E-state index in [2.05, 4.69) is 10.0 Å². The molecule has 0 radical (unpaired) electrons. The normalized spacial score (nSPS) is 42.1. The summed E-state index contributed by atoms with van der Waals surface area (Å²) in [6, 6.07) is -0.412. The van der Waals surface area contributed by atoms with E-state index in [0.29, 0.717) is 0 Å². The van der Waals surface area contributed by atoms with Crippen molar-refractivity contribution in [3.05, 3.63) is 22.6 Å². The molecule has 0 aromatic carbocycles. The summed E-state index contributed by atoms with van der Waals surface area (Å²) in [5.74, 6) is -0.744. The van der Waals surface area contributed by atoms with E-state index in [1.165, 1.54) is 0 Å². The molecule has 1 aliphatic carbocycles. The fourth-order valence-corrected chi connectivity index (χ4v) is 1.96. The molecule has 2 rings (SSSR count). The molecular weight excluding hydrogens is 198 g/mol. The van der Waals surface area contributed by atoms with Crippen molar-refractivity contribution in [2.24, 2.45) is 5.11 Å². The van der Waals surface area contributed by atoms with Crippen LogP contribution in [0.1, 0.15) is 13.8 Å². The Labute approximate surface area is 87.1 Å². The van der Waals surface area contributed by atoms with E-state index in [1.807, 2.05) is 0 Å². The van der Waals surface area contributed by atoms with E-state index in [0.717, 1.165) is 0 Å². The molecule has 1 aliphatic heterocycles. The average molecular weight is 211 g/mol. The Morgan fingerprint density at radius 3 is 2.67 bits per heavy atom. The van der Waals surface area contributed by atoms with Crippen molar-refractivity contribution in [1.82, 2.24) is 0 Å². The topological polar surface area (TPSA) is 87.5 Å². The first-order chi connectivity index (χ1) is 7.03. The molecule has 82 valence electrons. The van der Waals surface area contributed by atoms with Gasteiger partial charge in [-0.2, -0.15) is 0 Å². The van der Waals surface area contributed by atoms with Crippen molar-refractivity contribution in [2.75, 3.05) is 0 Å². The van der Waals surface area contributed by atoms with E-state index in [9.17, 15) is 5.11 Å². The zero-order valence-corrected chi connectivity index (χ0v) is 8.57. The van der Waals surface area contributed by atoms with Crippen LogP contribution in [0, 0.1) is 0 Å². The minimum absolute atomic E-state index is 0.407. The zero-order valence-electron chi connectivity index (χ0n) is 8.57. The second-order valence-electron chi connectivity index (χ2n) is 4.14. The van der Waals surface area contributed by atoms with Gasteiger partial charge in [-0.25, -0.2) is 0 Å². The average Bonchev–Trinajstić information content (AvgIpc) is 2.47. The maximum Gasteiger partial charge on any atom is 0.163 e. The van der Waals surface area contributed by atoms with E-state index >= 15 is 0 Å². The van der Waals surface area contributed by atoms with Gasteiger partial charge in [0.05, 0.1) is 6.04 Å². The van der Waals surface area contributed by atoms with Crippen LogP contribution in [-0.2, 0) is 9.47 Å². The second kappa shape index (κ2) is 3.50. The van der Waals surface area contributed by atoms with Gasteiger partial charge in [0, 0.05) is 4.91 Å². The third kappa shape index (κ3) is 1.85. The summed E-state index contributed by atoms with van der Waals surface area (Å²) in [6.07, 6.45) is 1.65. The van der Waals surface area contributed by atoms with E-state index in [4.69, 9.17) is 15.0 Å². The van der Waals surface area contributed by atoms with Crippen molar-refractivity contribution >= 4 is 0 Å². The number of aliphatic hydroxyl groups excluding tert-OH is 1. The van der Waals surface area contributed by atoms with Gasteiger partial charge in [0.1, 0.15) is 18.3 Å². The van der Waals surface area contributed by atoms with Crippen LogP contribution >= 0.6 is 0 Å². The Balaban J connectivity index is 2.26. The molecule has 0 amide bonds. The van der Waals surface area contributed by atoms with Crippen LogP contribution in [0.5, 0.6) is 0 Å². The van der Waals surface area contributed by atoms with E-state index in [-0.39, 0.29) is 0 Å². The molecule has 1 N–H and O–H groups in total. The third-order valence-corrected chi connectivity index (χ3v) is 2.53. The van der Waals surface area contributed by atoms with Crippen LogP contribution in [0.2, 0.25) is 0 Å². The molecule has 6 heteroatoms. The summed E-state index contributed by atoms with van der Waals surface area (Å²) < 4.78 is 11.1. The molecular formula is C9H13N3O3. The number of hydrogen-bond acceptors (Lipinski definition) is 4. The fraction of sp³-hybridized carbons (Fsp3) is 0.778. The largest absolute Gasteiger partial charge is 0.386 e. The number of rotatable bonds is 1. The van der Waals surface area contributed by atoms with Crippen LogP contribution in [0.4, 0.5) is 0 Å². The molecule has 0 unspecified atom stereocenters. The van der Waals surface area contributed by atoms with Gasteiger partial charge in [-0.15, -0.1) is 0 Å². The highest BCUT2D eigenvalue weighted by Crippen LogP contribution is 2.35. The molecule has 6 nitrogen and oxygen atoms in total. The van der Waals surface area contributed by atoms with Gasteiger partial charge in [-0.3, -0.25) is 0 Å². The lowest BCUT2D eigenvalue weighted by Gasteiger charge is -2.27. The number of hydrogen-bond donors (Lipinski definition) is 1. The minimum atomic E-state index is -0.744. The first kappa shape index (κ1) is 10.4. The monoisotopic (exact) mass is 211 g/mol. The number of azide groups is 1. The summed E-state index contributed by atoms with van der Waals surface area (Å²) >= 11 is 0. The van der Waals surface area contributed by atoms with Crippen LogP contribution in [0.3, 0.4) is 0 Å². The SMILES string of the molecule is CC1(C)O[C@@H]2[C@H](O1)[C@H](O)C=C[C@H]2N=[N+]=[N-]. The summed E-state index contributed by atoms with van der Waals surface area (Å²) in [4.78, 5) is 2.75. The van der Waals surface area contributed by atoms with Crippen LogP contribution in [0.15, 0.2) is 17.3 Å². The highest BCUT2D eigenvalue weighted by Gasteiger charge is 2.48. The Morgan fingerprint density at radius 1 is 1.33 bits per heavy atom. The summed E-state index contributed by atoms with van der Waals surface area (Å²) in [7, 11) is 0. The molecule has 0 saturated carbocycles. The van der Waals surface area contributed by atoms with Gasteiger partial charge in [0.2, 0.25) is 0 Å². The predicted molar refractivity (Wildman–Crippen MR) is 51.9 cm³/mol. The van der Waals surface area contributed by atoms with Gasteiger partial charge in [0.25, 0.3) is 0 Å². The van der Waals surface area contributed by atoms with Crippen molar-refractivity contribution < 1.29 is 14.6 Å². The number of ether oxygens (including phenoxy) is 2. The number of nitrogens with zero attached hydrogens (tertiary/aromatic N) is 3. The van der Waals surface area contributed by atoms with Gasteiger partial charge < -0.3 is 14.6 Å². The Bertz CT molecular complexity index is 335. The lowest BCUT2D eigenvalue weighted by atomic mass is 9.95. The summed E-state index contributed by atoms with van der Waals surface area (Å²) in [5, 5.41) is 13.3. The van der Waals surface area contributed by atoms with Crippen molar-refractivity contribution in [3.8, 4) is 0 Å². The maximum atomic E-state index is 9.67. The Morgan fingerprint density at radius 2 is 2.00 bits per heavy atom. The molecule has 1 heterocycles. The van der Waals surface area contributed by atoms with Gasteiger partial charge in [0.15, 0.2) is 5.79 Å². The molecule has 0 spiro atoms. The van der Waals surface area contributed by atoms with Crippen LogP contribution < -0.4 is 0 Å². The van der Waals surface area contributed by atoms with Crippen molar-refractivity contribution in [3.63, 3.8) is 0 Å². The number of fused-ring (bicyclic) bond motifs is 1. The summed E-state index contributed by atoms with van der Waals surface area (Å²) in [6.45, 7) is 3.54. The highest BCUT2D eigenvalue weighted by atomic mass is 16.8. The molecule has 0 aromatic rings. The standard InChI is InChI=1S/C9H13N3O3/c1-9(2)14-7-5(11-12-10)3-4-6(13)8(7)15-9/h3-8,13H,1-2H3/t5-,6-,7+,8-/m1/s1. The van der Waals surface area contributed by atoms with Crippen LogP contribution in [-0.4, -0.2) is 35.2 Å². The van der Waals surface area contributed by atoms with E-state index < -0.39 is 30.1 Å². The summed E-state index contributed by atoms with van der Waals surface area (Å²) in [5.41, 5.74) is 8.40. The first-order valence-corrected chi connectivity index (χ1v) is 4.80. The smallest absolute Gasteiger partial charge is 0.163 e. The second-order valence-corrected chi connectivity index (χ2v) is 4.14. The lowest BCUT2D eigenvalue weighted by molar-refractivity contribution is -0.152. The molecule has 0 bridgehead atoms. The third-order valence-electron chi connectivity index (χ3n) is 2.53. The molecule has 15 heavy (non-hydrogen) atoms. The zero-order chi connectivity index (χ0) is 11.1. The quantitative estimate of drug-likeness (QED) is 0.305. The molecule has 0 aromatic heterocycles. The molecule has 2 aliphatic rings. The van der Waals surface area contributed by atoms with Gasteiger partial charge >= 0.3 is 0 Å². The highest BCUT2D eigenvalue weighted by molar-refractivity contribution is 5.13. The van der Waals surface area contributed by atoms with Crippen LogP contribution in [0.25, 0.3) is 10.4 Å². The lowest BCUT2D eigenvalue weighted by Crippen LogP contribution is -2.43. The Hall–Kier alpha value is -1.07. The predicted octanol–water partition coefficient (Wildman–Crippen LogP) is 1.12. The fourth-order valence-electron chi connectivity index (χ4n) is 1.96. The minimum Gasteiger partial charge on any atom is -0.386 e. The number of aliphatic hydroxyl groups is 1. The van der Waals surface area contributed by atoms with Gasteiger partial charge in [-0.1, -0.05) is 17.3 Å². The molecule has 1 fully saturated rings. The van der Waals surface area contributed by atoms with Gasteiger partial charge in [-0.05, 0) is 19.4 Å². The molecule has 4 atom stereocenters.